The van der Waals surface area contributed by atoms with E-state index in [1.165, 1.54) is 0 Å². The van der Waals surface area contributed by atoms with Crippen molar-refractivity contribution in [2.75, 3.05) is 44.7 Å². The molecule has 2 saturated heterocycles. The summed E-state index contributed by atoms with van der Waals surface area (Å²) in [5, 5.41) is 14.8. The van der Waals surface area contributed by atoms with Crippen LogP contribution in [-0.4, -0.2) is 76.3 Å². The molecule has 0 unspecified atom stereocenters. The van der Waals surface area contributed by atoms with E-state index >= 15 is 0 Å². The van der Waals surface area contributed by atoms with Gasteiger partial charge in [-0.1, -0.05) is 60.7 Å². The Morgan fingerprint density at radius 1 is 1.00 bits per heavy atom. The number of aryl methyl sites for hydroxylation is 1. The molecular formula is C35H36N8O2. The van der Waals surface area contributed by atoms with Gasteiger partial charge < -0.3 is 19.9 Å². The van der Waals surface area contributed by atoms with Crippen LogP contribution < -0.4 is 20.5 Å². The highest BCUT2D eigenvalue weighted by Gasteiger charge is 2.28. The Morgan fingerprint density at radius 3 is 2.60 bits per heavy atom. The van der Waals surface area contributed by atoms with Crippen molar-refractivity contribution in [2.24, 2.45) is 0 Å². The van der Waals surface area contributed by atoms with Gasteiger partial charge in [-0.25, -0.2) is 4.98 Å². The van der Waals surface area contributed by atoms with E-state index < -0.39 is 0 Å². The third kappa shape index (κ3) is 5.50. The lowest BCUT2D eigenvalue weighted by molar-refractivity contribution is 0.188. The van der Waals surface area contributed by atoms with E-state index in [4.69, 9.17) is 19.7 Å². The van der Waals surface area contributed by atoms with Gasteiger partial charge in [-0.2, -0.15) is 15.2 Å². The molecule has 0 aliphatic carbocycles. The first-order valence-corrected chi connectivity index (χ1v) is 15.6. The lowest BCUT2D eigenvalue weighted by Gasteiger charge is -2.34. The maximum Gasteiger partial charge on any atom is 0.319 e. The molecule has 1 N–H and O–H groups in total. The first kappa shape index (κ1) is 28.9. The van der Waals surface area contributed by atoms with Gasteiger partial charge in [-0.15, -0.1) is 0 Å². The van der Waals surface area contributed by atoms with Crippen LogP contribution >= 0.6 is 0 Å². The van der Waals surface area contributed by atoms with Gasteiger partial charge in [0.15, 0.2) is 11.3 Å². The molecule has 0 radical (unpaired) electrons. The van der Waals surface area contributed by atoms with Crippen LogP contribution in [0.15, 0.2) is 71.5 Å². The summed E-state index contributed by atoms with van der Waals surface area (Å²) in [7, 11) is 2.10. The van der Waals surface area contributed by atoms with E-state index in [1.807, 2.05) is 48.5 Å². The number of nitrogens with zero attached hydrogens (tertiary/aromatic N) is 7. The minimum absolute atomic E-state index is 0.0297. The topological polar surface area (TPSA) is 112 Å². The van der Waals surface area contributed by atoms with Crippen molar-refractivity contribution in [3.05, 3.63) is 82.6 Å². The summed E-state index contributed by atoms with van der Waals surface area (Å²) in [6.45, 7) is 5.40. The predicted molar refractivity (Wildman–Crippen MR) is 176 cm³/mol. The summed E-state index contributed by atoms with van der Waals surface area (Å²) in [6, 6.07) is 24.6. The van der Waals surface area contributed by atoms with Crippen LogP contribution in [0.25, 0.3) is 38.9 Å². The maximum absolute atomic E-state index is 14.8. The molecule has 5 aromatic rings. The molecule has 2 atom stereocenters. The highest BCUT2D eigenvalue weighted by Crippen LogP contribution is 2.32. The number of piperazine rings is 1. The molecule has 2 aliphatic rings. The van der Waals surface area contributed by atoms with Gasteiger partial charge >= 0.3 is 6.01 Å². The fourth-order valence-corrected chi connectivity index (χ4v) is 6.64. The summed E-state index contributed by atoms with van der Waals surface area (Å²) in [6.07, 6.45) is 2.53. The van der Waals surface area contributed by atoms with Gasteiger partial charge in [0.05, 0.1) is 18.2 Å². The average molecular weight is 601 g/mol. The van der Waals surface area contributed by atoms with Crippen LogP contribution in [0, 0.1) is 18.3 Å². The van der Waals surface area contributed by atoms with Crippen molar-refractivity contribution >= 4 is 27.6 Å². The predicted octanol–water partition coefficient (Wildman–Crippen LogP) is 4.47. The van der Waals surface area contributed by atoms with Crippen molar-refractivity contribution in [3.63, 3.8) is 0 Å². The SMILES string of the molecule is Cc1cccc2cccc(-n3c(-c4ccccc4)nc4c(N5CCN[C@@H](CC#N)C5)nc(OC[C@@H]5CCCN5C)nc4c3=O)c12. The summed E-state index contributed by atoms with van der Waals surface area (Å²) in [5.41, 5.74) is 2.96. The molecule has 0 spiro atoms. The number of nitriles is 1. The third-order valence-corrected chi connectivity index (χ3v) is 9.01. The number of ether oxygens (including phenoxy) is 1. The largest absolute Gasteiger partial charge is 0.462 e. The van der Waals surface area contributed by atoms with Crippen LogP contribution in [0.1, 0.15) is 24.8 Å². The third-order valence-electron chi connectivity index (χ3n) is 9.01. The van der Waals surface area contributed by atoms with Crippen molar-refractivity contribution in [3.8, 4) is 29.2 Å². The fourth-order valence-electron chi connectivity index (χ4n) is 6.64. The molecule has 10 nitrogen and oxygen atoms in total. The van der Waals surface area contributed by atoms with Crippen LogP contribution in [0.2, 0.25) is 0 Å². The number of hydrogen-bond acceptors (Lipinski definition) is 9. The van der Waals surface area contributed by atoms with Gasteiger partial charge in [-0.05, 0) is 50.4 Å². The highest BCUT2D eigenvalue weighted by atomic mass is 16.5. The molecule has 0 amide bonds. The standard InChI is InChI=1S/C35H36N8O2/c1-23-9-6-12-24-13-7-15-28(29(23)24)43-32(25-10-4-3-5-11-25)38-30-31(34(43)44)39-35(45-22-27-14-8-19-41(27)2)40-33(30)42-20-18-37-26(21-42)16-17-36/h3-7,9-13,15,26-27,37H,8,14,16,18-22H2,1-2H3/t26-,27-/m0/s1. The average Bonchev–Trinajstić information content (AvgIpc) is 3.48. The number of nitrogens with one attached hydrogen (secondary N) is 1. The minimum atomic E-state index is -0.287. The van der Waals surface area contributed by atoms with Crippen molar-refractivity contribution < 1.29 is 4.74 Å². The van der Waals surface area contributed by atoms with E-state index in [9.17, 15) is 10.1 Å². The first-order valence-electron chi connectivity index (χ1n) is 15.6. The summed E-state index contributed by atoms with van der Waals surface area (Å²) < 4.78 is 7.93. The quantitative estimate of drug-likeness (QED) is 0.289. The van der Waals surface area contributed by atoms with Gasteiger partial charge in [-0.3, -0.25) is 9.36 Å². The maximum atomic E-state index is 14.8. The van der Waals surface area contributed by atoms with Crippen molar-refractivity contribution in [1.82, 2.24) is 29.7 Å². The molecule has 228 valence electrons. The summed E-state index contributed by atoms with van der Waals surface area (Å²) in [5.74, 6) is 1.06. The molecule has 10 heteroatoms. The Balaban J connectivity index is 1.48. The molecule has 3 aromatic carbocycles. The van der Waals surface area contributed by atoms with E-state index in [2.05, 4.69) is 53.4 Å². The smallest absolute Gasteiger partial charge is 0.319 e. The normalized spacial score (nSPS) is 18.8. The minimum Gasteiger partial charge on any atom is -0.462 e. The second-order valence-corrected chi connectivity index (χ2v) is 12.0. The van der Waals surface area contributed by atoms with Crippen molar-refractivity contribution in [1.29, 1.82) is 5.26 Å². The molecule has 4 heterocycles. The van der Waals surface area contributed by atoms with Gasteiger partial charge in [0, 0.05) is 42.7 Å². The molecular weight excluding hydrogens is 564 g/mol. The highest BCUT2D eigenvalue weighted by molar-refractivity contribution is 5.95. The number of benzene rings is 3. The van der Waals surface area contributed by atoms with E-state index in [1.54, 1.807) is 4.57 Å². The fraction of sp³-hybridized carbons (Fsp3) is 0.343. The zero-order valence-corrected chi connectivity index (χ0v) is 25.6. The Bertz CT molecular complexity index is 1960. The molecule has 0 saturated carbocycles. The Labute approximate surface area is 261 Å². The zero-order chi connectivity index (χ0) is 30.9. The number of rotatable bonds is 7. The van der Waals surface area contributed by atoms with Crippen molar-refractivity contribution in [2.45, 2.75) is 38.3 Å². The van der Waals surface area contributed by atoms with Crippen LogP contribution in [-0.2, 0) is 0 Å². The van der Waals surface area contributed by atoms with Gasteiger partial charge in [0.25, 0.3) is 5.56 Å². The Hall–Kier alpha value is -4.85. The Morgan fingerprint density at radius 2 is 1.82 bits per heavy atom. The van der Waals surface area contributed by atoms with Gasteiger partial charge in [0.1, 0.15) is 17.9 Å². The molecule has 2 aliphatic heterocycles. The van der Waals surface area contributed by atoms with Crippen LogP contribution in [0.4, 0.5) is 5.82 Å². The van der Waals surface area contributed by atoms with E-state index in [-0.39, 0.29) is 29.2 Å². The monoisotopic (exact) mass is 600 g/mol. The molecule has 2 fully saturated rings. The Kier molecular flexibility index (Phi) is 7.88. The summed E-state index contributed by atoms with van der Waals surface area (Å²) >= 11 is 0. The number of aromatic nitrogens is 4. The number of likely N-dealkylation sites (tertiary alicyclic amines) is 1. The zero-order valence-electron chi connectivity index (χ0n) is 25.6. The summed E-state index contributed by atoms with van der Waals surface area (Å²) in [4.78, 5) is 34.1. The first-order chi connectivity index (χ1) is 22.0. The number of hydrogen-bond donors (Lipinski definition) is 1. The lowest BCUT2D eigenvalue weighted by Crippen LogP contribution is -2.51. The molecule has 7 rings (SSSR count). The number of likely N-dealkylation sites (N-methyl/N-ethyl adjacent to an activating group) is 1. The van der Waals surface area contributed by atoms with E-state index in [0.717, 1.165) is 47.0 Å². The van der Waals surface area contributed by atoms with Gasteiger partial charge in [0.2, 0.25) is 0 Å². The second kappa shape index (κ2) is 12.3. The number of anilines is 1. The van der Waals surface area contributed by atoms with E-state index in [0.29, 0.717) is 49.8 Å². The van der Waals surface area contributed by atoms with Crippen LogP contribution in [0.5, 0.6) is 6.01 Å². The molecule has 0 bridgehead atoms. The second-order valence-electron chi connectivity index (χ2n) is 12.0. The van der Waals surface area contributed by atoms with Crippen LogP contribution in [0.3, 0.4) is 0 Å². The molecule has 2 aromatic heterocycles. The number of fused-ring (bicyclic) bond motifs is 2. The lowest BCUT2D eigenvalue weighted by atomic mass is 10.0. The molecule has 45 heavy (non-hydrogen) atoms.